The lowest BCUT2D eigenvalue weighted by Crippen LogP contribution is -2.54. The minimum Gasteiger partial charge on any atom is -0.356 e. The molecule has 4 atom stereocenters. The maximum Gasteiger partial charge on any atom is 0.289 e. The monoisotopic (exact) mass is 611 g/mol. The van der Waals surface area contributed by atoms with E-state index < -0.39 is 35.6 Å². The molecule has 4 N–H and O–H groups in total. The molecule has 3 aromatic rings. The van der Waals surface area contributed by atoms with Crippen LogP contribution in [0.4, 0.5) is 0 Å². The molecule has 1 unspecified atom stereocenters. The lowest BCUT2D eigenvalue weighted by Gasteiger charge is -2.27. The molecule has 1 aromatic heterocycles. The summed E-state index contributed by atoms with van der Waals surface area (Å²) in [5.74, 6) is -2.44. The van der Waals surface area contributed by atoms with Gasteiger partial charge >= 0.3 is 0 Å². The van der Waals surface area contributed by atoms with Gasteiger partial charge in [-0.1, -0.05) is 80.6 Å². The van der Waals surface area contributed by atoms with E-state index in [-0.39, 0.29) is 30.7 Å². The summed E-state index contributed by atoms with van der Waals surface area (Å²) in [6.07, 6.45) is 6.67. The van der Waals surface area contributed by atoms with E-state index in [1.807, 2.05) is 60.7 Å². The van der Waals surface area contributed by atoms with Crippen molar-refractivity contribution in [2.75, 3.05) is 13.1 Å². The molecule has 236 valence electrons. The predicted octanol–water partition coefficient (Wildman–Crippen LogP) is 3.48. The number of nitrogens with one attached hydrogen (secondary N) is 4. The van der Waals surface area contributed by atoms with Crippen LogP contribution in [0.25, 0.3) is 10.9 Å². The topological polar surface area (TPSA) is 140 Å². The van der Waals surface area contributed by atoms with Crippen LogP contribution in [0, 0.1) is 17.8 Å². The largest absolute Gasteiger partial charge is 0.356 e. The number of para-hydroxylation sites is 1. The zero-order valence-electron chi connectivity index (χ0n) is 25.4. The Morgan fingerprint density at radius 3 is 2.40 bits per heavy atom. The molecule has 45 heavy (non-hydrogen) atoms. The summed E-state index contributed by atoms with van der Waals surface area (Å²) in [4.78, 5) is 71.9. The molecule has 3 fully saturated rings. The third-order valence-electron chi connectivity index (χ3n) is 9.81. The first-order chi connectivity index (χ1) is 21.9. The Balaban J connectivity index is 1.22. The van der Waals surface area contributed by atoms with Crippen molar-refractivity contribution in [3.8, 4) is 0 Å². The number of carbonyl (C=O) groups excluding carboxylic acids is 5. The second-order valence-corrected chi connectivity index (χ2v) is 12.7. The molecule has 1 aliphatic carbocycles. The predicted molar refractivity (Wildman–Crippen MR) is 169 cm³/mol. The maximum atomic E-state index is 14.1. The minimum absolute atomic E-state index is 0.0178. The van der Waals surface area contributed by atoms with Crippen LogP contribution in [-0.2, 0) is 25.7 Å². The van der Waals surface area contributed by atoms with E-state index in [2.05, 4.69) is 20.9 Å². The van der Waals surface area contributed by atoms with Gasteiger partial charge in [0.15, 0.2) is 0 Å². The third kappa shape index (κ3) is 6.95. The number of ketones is 1. The van der Waals surface area contributed by atoms with Gasteiger partial charge in [-0.25, -0.2) is 0 Å². The van der Waals surface area contributed by atoms with Crippen molar-refractivity contribution in [1.82, 2.24) is 25.8 Å². The summed E-state index contributed by atoms with van der Waals surface area (Å²) in [7, 11) is 0. The fourth-order valence-electron chi connectivity index (χ4n) is 7.31. The molecular formula is C35H41N5O5. The Kier molecular flexibility index (Phi) is 9.28. The highest BCUT2D eigenvalue weighted by atomic mass is 16.2. The van der Waals surface area contributed by atoms with Gasteiger partial charge in [-0.3, -0.25) is 24.0 Å². The molecule has 10 heteroatoms. The number of aromatic nitrogens is 1. The van der Waals surface area contributed by atoms with E-state index in [0.717, 1.165) is 42.1 Å². The van der Waals surface area contributed by atoms with Crippen molar-refractivity contribution in [3.05, 3.63) is 71.9 Å². The lowest BCUT2D eigenvalue weighted by molar-refractivity contribution is -0.141. The Hall–Kier alpha value is -4.47. The van der Waals surface area contributed by atoms with E-state index in [1.165, 1.54) is 6.42 Å². The van der Waals surface area contributed by atoms with Crippen LogP contribution in [0.15, 0.2) is 60.7 Å². The highest BCUT2D eigenvalue weighted by molar-refractivity contribution is 6.38. The number of carbonyl (C=O) groups is 5. The van der Waals surface area contributed by atoms with E-state index in [1.54, 1.807) is 4.90 Å². The molecule has 3 aliphatic rings. The minimum atomic E-state index is -1.19. The molecule has 2 aromatic carbocycles. The SMILES string of the molecule is O=C(NCc1ccccc1)C(=O)C(C[C@@H]1CCNC1=O)NC(=O)[C@@H]1C[C@@H](C2CCCCC2)CN1C(=O)c1cc2ccccc2[nH]1. The smallest absolute Gasteiger partial charge is 0.289 e. The van der Waals surface area contributed by atoms with Crippen LogP contribution in [0.3, 0.4) is 0 Å². The number of hydrogen-bond donors (Lipinski definition) is 4. The summed E-state index contributed by atoms with van der Waals surface area (Å²) in [5, 5.41) is 9.18. The van der Waals surface area contributed by atoms with Crippen molar-refractivity contribution < 1.29 is 24.0 Å². The van der Waals surface area contributed by atoms with Gasteiger partial charge in [0.1, 0.15) is 11.7 Å². The standard InChI is InChI=1S/C35H41N5O5/c41-31(34(44)37-20-22-9-3-1-4-10-22)28(18-25-15-16-36-32(25)42)39-33(43)30-19-26(23-11-5-2-6-12-23)21-40(30)35(45)29-17-24-13-7-8-14-27(24)38-29/h1,3-4,7-10,13-14,17,23,25-26,28,30,38H,2,5-6,11-12,15-16,18-21H2,(H,36,42)(H,37,44)(H,39,43)/t25-,26+,28?,30-/m0/s1. The zero-order chi connectivity index (χ0) is 31.3. The molecule has 3 heterocycles. The second-order valence-electron chi connectivity index (χ2n) is 12.7. The molecule has 0 radical (unpaired) electrons. The van der Waals surface area contributed by atoms with Crippen LogP contribution >= 0.6 is 0 Å². The first-order valence-corrected chi connectivity index (χ1v) is 16.2. The molecule has 0 bridgehead atoms. The summed E-state index contributed by atoms with van der Waals surface area (Å²) >= 11 is 0. The fourth-order valence-corrected chi connectivity index (χ4v) is 7.31. The van der Waals surface area contributed by atoms with Gasteiger partial charge in [0, 0.05) is 36.5 Å². The molecule has 6 rings (SSSR count). The zero-order valence-corrected chi connectivity index (χ0v) is 25.4. The van der Waals surface area contributed by atoms with Crippen molar-refractivity contribution in [1.29, 1.82) is 0 Å². The molecule has 10 nitrogen and oxygen atoms in total. The second kappa shape index (κ2) is 13.7. The Labute approximate surface area is 262 Å². The van der Waals surface area contributed by atoms with Gasteiger partial charge < -0.3 is 25.8 Å². The number of aromatic amines is 1. The molecule has 1 saturated carbocycles. The van der Waals surface area contributed by atoms with Gasteiger partial charge in [-0.2, -0.15) is 0 Å². The van der Waals surface area contributed by atoms with Crippen molar-refractivity contribution in [3.63, 3.8) is 0 Å². The van der Waals surface area contributed by atoms with E-state index in [9.17, 15) is 24.0 Å². The van der Waals surface area contributed by atoms with Crippen molar-refractivity contribution in [2.45, 2.75) is 70.0 Å². The molecule has 2 saturated heterocycles. The van der Waals surface area contributed by atoms with Crippen LogP contribution in [-0.4, -0.2) is 64.5 Å². The number of hydrogen-bond acceptors (Lipinski definition) is 5. The molecule has 4 amide bonds. The van der Waals surface area contributed by atoms with Crippen molar-refractivity contribution >= 4 is 40.3 Å². The Bertz CT molecular complexity index is 1530. The van der Waals surface area contributed by atoms with Gasteiger partial charge in [-0.05, 0) is 48.8 Å². The van der Waals surface area contributed by atoms with Crippen LogP contribution in [0.1, 0.15) is 67.4 Å². The number of rotatable bonds is 10. The number of fused-ring (bicyclic) bond motifs is 1. The fraction of sp³-hybridized carbons (Fsp3) is 0.457. The quantitative estimate of drug-likeness (QED) is 0.260. The van der Waals surface area contributed by atoms with E-state index >= 15 is 0 Å². The third-order valence-corrected chi connectivity index (χ3v) is 9.81. The number of amides is 4. The van der Waals surface area contributed by atoms with Gasteiger partial charge in [-0.15, -0.1) is 0 Å². The lowest BCUT2D eigenvalue weighted by atomic mass is 9.79. The summed E-state index contributed by atoms with van der Waals surface area (Å²) in [6.45, 7) is 1.10. The number of benzene rings is 2. The Morgan fingerprint density at radius 2 is 1.67 bits per heavy atom. The summed E-state index contributed by atoms with van der Waals surface area (Å²) in [5.41, 5.74) is 2.08. The number of Topliss-reactive ketones (excluding diaryl/α,β-unsaturated/α-hetero) is 1. The highest BCUT2D eigenvalue weighted by Gasteiger charge is 2.44. The average Bonchev–Trinajstić information content (AvgIpc) is 3.82. The normalized spacial score (nSPS) is 22.6. The first kappa shape index (κ1) is 30.6. The van der Waals surface area contributed by atoms with Crippen LogP contribution < -0.4 is 16.0 Å². The molecular weight excluding hydrogens is 570 g/mol. The maximum absolute atomic E-state index is 14.1. The van der Waals surface area contributed by atoms with E-state index in [0.29, 0.717) is 37.5 Å². The van der Waals surface area contributed by atoms with Crippen LogP contribution in [0.5, 0.6) is 0 Å². The van der Waals surface area contributed by atoms with E-state index in [4.69, 9.17) is 0 Å². The highest BCUT2D eigenvalue weighted by Crippen LogP contribution is 2.38. The van der Waals surface area contributed by atoms with Crippen LogP contribution in [0.2, 0.25) is 0 Å². The summed E-state index contributed by atoms with van der Waals surface area (Å²) < 4.78 is 0. The first-order valence-electron chi connectivity index (χ1n) is 16.2. The molecule has 0 spiro atoms. The number of likely N-dealkylation sites (tertiary alicyclic amines) is 1. The van der Waals surface area contributed by atoms with Crippen molar-refractivity contribution in [2.24, 2.45) is 17.8 Å². The van der Waals surface area contributed by atoms with Gasteiger partial charge in [0.25, 0.3) is 11.8 Å². The Morgan fingerprint density at radius 1 is 0.911 bits per heavy atom. The van der Waals surface area contributed by atoms with Gasteiger partial charge in [0.05, 0.1) is 6.04 Å². The average molecular weight is 612 g/mol. The molecule has 2 aliphatic heterocycles. The number of nitrogens with zero attached hydrogens (tertiary/aromatic N) is 1. The van der Waals surface area contributed by atoms with Gasteiger partial charge in [0.2, 0.25) is 17.6 Å². The summed E-state index contributed by atoms with van der Waals surface area (Å²) in [6, 6.07) is 16.7. The number of H-pyrrole nitrogens is 1.